The summed E-state index contributed by atoms with van der Waals surface area (Å²) >= 11 is 0. The zero-order valence-electron chi connectivity index (χ0n) is 8.49. The third-order valence-electron chi connectivity index (χ3n) is 1.76. The number of phosphoric ester groups is 1. The smallest absolute Gasteiger partial charge is 0.470 e. The van der Waals surface area contributed by atoms with Gasteiger partial charge in [0.05, 0.1) is 7.11 Å². The molecule has 0 aliphatic heterocycles. The Hall–Kier alpha value is -1.20. The Morgan fingerprint density at radius 1 is 1.44 bits per heavy atom. The molecule has 7 heteroatoms. The molecule has 0 spiro atoms. The number of carbonyl (C=O) groups excluding carboxylic acids is 1. The normalized spacial score (nSPS) is 11.2. The summed E-state index contributed by atoms with van der Waals surface area (Å²) in [6, 6.07) is 6.23. The molecule has 16 heavy (non-hydrogen) atoms. The van der Waals surface area contributed by atoms with E-state index in [4.69, 9.17) is 14.5 Å². The Bertz CT molecular complexity index is 424. The molecule has 88 valence electrons. The molecule has 0 radical (unpaired) electrons. The van der Waals surface area contributed by atoms with Gasteiger partial charge in [0.1, 0.15) is 12.4 Å². The molecule has 0 heterocycles. The minimum Gasteiger partial charge on any atom is -0.497 e. The van der Waals surface area contributed by atoms with Crippen LogP contribution in [0.3, 0.4) is 0 Å². The summed E-state index contributed by atoms with van der Waals surface area (Å²) in [5, 5.41) is 0. The van der Waals surface area contributed by atoms with E-state index in [-0.39, 0.29) is 5.56 Å². The lowest BCUT2D eigenvalue weighted by molar-refractivity contribution is 0.0884. The Labute approximate surface area is 92.1 Å². The summed E-state index contributed by atoms with van der Waals surface area (Å²) in [7, 11) is -3.16. The van der Waals surface area contributed by atoms with Crippen LogP contribution in [0.2, 0.25) is 0 Å². The van der Waals surface area contributed by atoms with Crippen molar-refractivity contribution in [3.05, 3.63) is 29.8 Å². The lowest BCUT2D eigenvalue weighted by Crippen LogP contribution is -2.07. The number of rotatable bonds is 5. The number of methoxy groups -OCH3 is 1. The quantitative estimate of drug-likeness (QED) is 0.594. The summed E-state index contributed by atoms with van der Waals surface area (Å²) in [6.45, 7) is -0.669. The van der Waals surface area contributed by atoms with Crippen LogP contribution in [-0.4, -0.2) is 29.3 Å². The van der Waals surface area contributed by atoms with Gasteiger partial charge in [0.15, 0.2) is 5.78 Å². The highest BCUT2D eigenvalue weighted by atomic mass is 31.2. The fourth-order valence-electron chi connectivity index (χ4n) is 1.02. The summed E-state index contributed by atoms with van der Waals surface area (Å²) in [5.74, 6) is -0.0377. The van der Waals surface area contributed by atoms with Crippen LogP contribution in [0, 0.1) is 0 Å². The summed E-state index contributed by atoms with van der Waals surface area (Å²) in [4.78, 5) is 28.3. The molecule has 0 bridgehead atoms. The van der Waals surface area contributed by atoms with E-state index in [1.165, 1.54) is 19.2 Å². The minimum atomic E-state index is -4.61. The van der Waals surface area contributed by atoms with Gasteiger partial charge in [-0.25, -0.2) is 4.57 Å². The Morgan fingerprint density at radius 2 is 2.12 bits per heavy atom. The van der Waals surface area contributed by atoms with Crippen molar-refractivity contribution in [2.45, 2.75) is 0 Å². The molecule has 0 aliphatic rings. The van der Waals surface area contributed by atoms with Gasteiger partial charge in [-0.05, 0) is 12.1 Å². The average Bonchev–Trinajstić information content (AvgIpc) is 2.25. The molecule has 0 aromatic heterocycles. The van der Waals surface area contributed by atoms with E-state index in [0.717, 1.165) is 0 Å². The summed E-state index contributed by atoms with van der Waals surface area (Å²) < 4.78 is 19.4. The van der Waals surface area contributed by atoms with Crippen molar-refractivity contribution < 1.29 is 28.4 Å². The van der Waals surface area contributed by atoms with Crippen molar-refractivity contribution in [1.29, 1.82) is 0 Å². The van der Waals surface area contributed by atoms with Gasteiger partial charge in [0.25, 0.3) is 0 Å². The first kappa shape index (κ1) is 12.9. The first-order valence-corrected chi connectivity index (χ1v) is 5.83. The van der Waals surface area contributed by atoms with Crippen LogP contribution in [0.15, 0.2) is 24.3 Å². The van der Waals surface area contributed by atoms with Gasteiger partial charge in [0, 0.05) is 5.56 Å². The predicted octanol–water partition coefficient (Wildman–Crippen LogP) is 0.987. The number of hydrogen-bond acceptors (Lipinski definition) is 4. The van der Waals surface area contributed by atoms with Crippen molar-refractivity contribution in [3.63, 3.8) is 0 Å². The van der Waals surface area contributed by atoms with Crippen LogP contribution >= 0.6 is 7.82 Å². The first-order valence-electron chi connectivity index (χ1n) is 4.30. The van der Waals surface area contributed by atoms with Gasteiger partial charge in [-0.2, -0.15) is 0 Å². The minimum absolute atomic E-state index is 0.271. The maximum atomic E-state index is 11.4. The molecular formula is C9H11O6P. The Kier molecular flexibility index (Phi) is 4.20. The molecule has 0 atom stereocenters. The molecule has 0 unspecified atom stereocenters. The monoisotopic (exact) mass is 246 g/mol. The van der Waals surface area contributed by atoms with Gasteiger partial charge >= 0.3 is 7.82 Å². The van der Waals surface area contributed by atoms with Crippen molar-refractivity contribution in [1.82, 2.24) is 0 Å². The van der Waals surface area contributed by atoms with Crippen LogP contribution in [0.4, 0.5) is 0 Å². The molecule has 1 aromatic carbocycles. The standard InChI is InChI=1S/C9H11O6P/c1-14-8-4-2-3-7(5-8)9(10)6-15-16(11,12)13/h2-5H,6H2,1H3,(H2,11,12,13). The van der Waals surface area contributed by atoms with Crippen molar-refractivity contribution >= 4 is 13.6 Å². The van der Waals surface area contributed by atoms with E-state index in [1.54, 1.807) is 12.1 Å². The van der Waals surface area contributed by atoms with Crippen LogP contribution in [0.1, 0.15) is 10.4 Å². The molecule has 1 rings (SSSR count). The number of carbonyl (C=O) groups is 1. The molecule has 0 aliphatic carbocycles. The number of phosphoric acid groups is 1. The maximum absolute atomic E-state index is 11.4. The number of benzene rings is 1. The highest BCUT2D eigenvalue weighted by Gasteiger charge is 2.17. The fraction of sp³-hybridized carbons (Fsp3) is 0.222. The predicted molar refractivity (Wildman–Crippen MR) is 55.3 cm³/mol. The third kappa shape index (κ3) is 4.12. The van der Waals surface area contributed by atoms with E-state index in [9.17, 15) is 9.36 Å². The Morgan fingerprint density at radius 3 is 2.69 bits per heavy atom. The van der Waals surface area contributed by atoms with Gasteiger partial charge in [-0.1, -0.05) is 12.1 Å². The number of ketones is 1. The lowest BCUT2D eigenvalue weighted by Gasteiger charge is -2.05. The van der Waals surface area contributed by atoms with Gasteiger partial charge in [0.2, 0.25) is 0 Å². The van der Waals surface area contributed by atoms with Gasteiger partial charge in [-0.15, -0.1) is 0 Å². The summed E-state index contributed by atoms with van der Waals surface area (Å²) in [6.07, 6.45) is 0. The third-order valence-corrected chi connectivity index (χ3v) is 2.22. The second kappa shape index (κ2) is 5.23. The highest BCUT2D eigenvalue weighted by molar-refractivity contribution is 7.46. The van der Waals surface area contributed by atoms with Gasteiger partial charge < -0.3 is 14.5 Å². The second-order valence-corrected chi connectivity index (χ2v) is 4.16. The molecule has 2 N–H and O–H groups in total. The highest BCUT2D eigenvalue weighted by Crippen LogP contribution is 2.35. The van der Waals surface area contributed by atoms with Gasteiger partial charge in [-0.3, -0.25) is 9.32 Å². The zero-order chi connectivity index (χ0) is 12.2. The van der Waals surface area contributed by atoms with E-state index < -0.39 is 20.2 Å². The SMILES string of the molecule is COc1cccc(C(=O)COP(=O)(O)O)c1. The van der Waals surface area contributed by atoms with Crippen LogP contribution in [0.25, 0.3) is 0 Å². The van der Waals surface area contributed by atoms with E-state index in [1.807, 2.05) is 0 Å². The molecule has 0 saturated carbocycles. The molecule has 0 saturated heterocycles. The largest absolute Gasteiger partial charge is 0.497 e. The van der Waals surface area contributed by atoms with Crippen molar-refractivity contribution in [3.8, 4) is 5.75 Å². The summed E-state index contributed by atoms with van der Waals surface area (Å²) in [5.41, 5.74) is 0.271. The zero-order valence-corrected chi connectivity index (χ0v) is 9.39. The molecule has 6 nitrogen and oxygen atoms in total. The topological polar surface area (TPSA) is 93.1 Å². The van der Waals surface area contributed by atoms with E-state index >= 15 is 0 Å². The number of ether oxygens (including phenoxy) is 1. The average molecular weight is 246 g/mol. The molecular weight excluding hydrogens is 235 g/mol. The fourth-order valence-corrected chi connectivity index (χ4v) is 1.31. The Balaban J connectivity index is 2.69. The molecule has 1 aromatic rings. The first-order chi connectivity index (χ1) is 7.42. The lowest BCUT2D eigenvalue weighted by atomic mass is 10.1. The van der Waals surface area contributed by atoms with E-state index in [0.29, 0.717) is 5.75 Å². The molecule has 0 amide bonds. The maximum Gasteiger partial charge on any atom is 0.470 e. The number of Topliss-reactive ketones (excluding diaryl/α,β-unsaturated/α-hetero) is 1. The van der Waals surface area contributed by atoms with Crippen LogP contribution in [-0.2, 0) is 9.09 Å². The van der Waals surface area contributed by atoms with Crippen molar-refractivity contribution in [2.24, 2.45) is 0 Å². The number of hydrogen-bond donors (Lipinski definition) is 2. The van der Waals surface area contributed by atoms with Crippen molar-refractivity contribution in [2.75, 3.05) is 13.7 Å². The van der Waals surface area contributed by atoms with Crippen LogP contribution < -0.4 is 4.74 Å². The van der Waals surface area contributed by atoms with Crippen LogP contribution in [0.5, 0.6) is 5.75 Å². The second-order valence-electron chi connectivity index (χ2n) is 2.92. The van der Waals surface area contributed by atoms with E-state index in [2.05, 4.69) is 4.52 Å². The molecule has 0 fully saturated rings.